The van der Waals surface area contributed by atoms with Crippen molar-refractivity contribution in [3.05, 3.63) is 40.0 Å². The fourth-order valence-corrected chi connectivity index (χ4v) is 2.23. The van der Waals surface area contributed by atoms with Crippen molar-refractivity contribution in [3.63, 3.8) is 0 Å². The molecule has 1 aromatic rings. The molecule has 0 aliphatic rings. The normalized spacial score (nSPS) is 10.1. The number of anilines is 1. The zero-order valence-electron chi connectivity index (χ0n) is 10.4. The molecule has 0 radical (unpaired) electrons. The van der Waals surface area contributed by atoms with Crippen LogP contribution < -0.4 is 4.90 Å². The van der Waals surface area contributed by atoms with Crippen LogP contribution in [-0.2, 0) is 4.79 Å². The SMILES string of the molecule is C=C(C)C(=O)N(CCCC)c1ccccc1I. The number of hydrogen-bond acceptors (Lipinski definition) is 1. The molecule has 0 aliphatic carbocycles. The third-order valence-corrected chi connectivity index (χ3v) is 3.40. The number of halogens is 1. The Kier molecular flexibility index (Phi) is 5.68. The molecule has 0 saturated carbocycles. The molecular weight excluding hydrogens is 325 g/mol. The number of hydrogen-bond donors (Lipinski definition) is 0. The van der Waals surface area contributed by atoms with E-state index in [0.29, 0.717) is 5.57 Å². The highest BCUT2D eigenvalue weighted by Gasteiger charge is 2.17. The third kappa shape index (κ3) is 3.84. The number of unbranched alkanes of at least 4 members (excludes halogenated alkanes) is 1. The molecule has 0 unspecified atom stereocenters. The second kappa shape index (κ2) is 6.79. The van der Waals surface area contributed by atoms with Crippen molar-refractivity contribution in [1.82, 2.24) is 0 Å². The zero-order valence-corrected chi connectivity index (χ0v) is 12.5. The number of para-hydroxylation sites is 1. The molecule has 17 heavy (non-hydrogen) atoms. The zero-order chi connectivity index (χ0) is 12.8. The lowest BCUT2D eigenvalue weighted by Gasteiger charge is -2.24. The molecular formula is C14H18INO. The summed E-state index contributed by atoms with van der Waals surface area (Å²) in [4.78, 5) is 14.0. The van der Waals surface area contributed by atoms with Gasteiger partial charge in [-0.25, -0.2) is 0 Å². The molecule has 0 saturated heterocycles. The molecule has 1 rings (SSSR count). The molecule has 0 aliphatic heterocycles. The Morgan fingerprint density at radius 1 is 1.41 bits per heavy atom. The molecule has 3 heteroatoms. The van der Waals surface area contributed by atoms with Crippen LogP contribution >= 0.6 is 22.6 Å². The van der Waals surface area contributed by atoms with Crippen molar-refractivity contribution >= 4 is 34.2 Å². The van der Waals surface area contributed by atoms with E-state index < -0.39 is 0 Å². The Hall–Kier alpha value is -0.840. The van der Waals surface area contributed by atoms with Crippen LogP contribution in [0, 0.1) is 3.57 Å². The maximum Gasteiger partial charge on any atom is 0.253 e. The van der Waals surface area contributed by atoms with Crippen LogP contribution in [0.4, 0.5) is 5.69 Å². The van der Waals surface area contributed by atoms with Gasteiger partial charge >= 0.3 is 0 Å². The predicted molar refractivity (Wildman–Crippen MR) is 81.2 cm³/mol. The van der Waals surface area contributed by atoms with Crippen molar-refractivity contribution in [2.24, 2.45) is 0 Å². The van der Waals surface area contributed by atoms with E-state index in [9.17, 15) is 4.79 Å². The van der Waals surface area contributed by atoms with Crippen molar-refractivity contribution in [1.29, 1.82) is 0 Å². The van der Waals surface area contributed by atoms with E-state index in [4.69, 9.17) is 0 Å². The summed E-state index contributed by atoms with van der Waals surface area (Å²) in [5, 5.41) is 0. The van der Waals surface area contributed by atoms with Crippen LogP contribution in [0.15, 0.2) is 36.4 Å². The first kappa shape index (κ1) is 14.2. The van der Waals surface area contributed by atoms with Gasteiger partial charge in [0.15, 0.2) is 0 Å². The van der Waals surface area contributed by atoms with E-state index in [2.05, 4.69) is 36.1 Å². The quantitative estimate of drug-likeness (QED) is 0.585. The van der Waals surface area contributed by atoms with Gasteiger partial charge in [-0.1, -0.05) is 32.1 Å². The Morgan fingerprint density at radius 3 is 2.59 bits per heavy atom. The highest BCUT2D eigenvalue weighted by Crippen LogP contribution is 2.23. The van der Waals surface area contributed by atoms with E-state index in [1.807, 2.05) is 29.2 Å². The first-order valence-corrected chi connectivity index (χ1v) is 6.87. The monoisotopic (exact) mass is 343 g/mol. The van der Waals surface area contributed by atoms with Crippen LogP contribution in [0.25, 0.3) is 0 Å². The third-order valence-electron chi connectivity index (χ3n) is 2.49. The Bertz CT molecular complexity index is 414. The minimum Gasteiger partial charge on any atom is -0.308 e. The van der Waals surface area contributed by atoms with Gasteiger partial charge in [-0.15, -0.1) is 0 Å². The number of nitrogens with zero attached hydrogens (tertiary/aromatic N) is 1. The van der Waals surface area contributed by atoms with Gasteiger partial charge in [0.1, 0.15) is 0 Å². The number of carbonyl (C=O) groups excluding carboxylic acids is 1. The Balaban J connectivity index is 3.02. The Morgan fingerprint density at radius 2 is 2.06 bits per heavy atom. The number of amides is 1. The number of carbonyl (C=O) groups is 1. The molecule has 0 bridgehead atoms. The summed E-state index contributed by atoms with van der Waals surface area (Å²) in [6.45, 7) is 8.38. The van der Waals surface area contributed by atoms with Crippen molar-refractivity contribution < 1.29 is 4.79 Å². The summed E-state index contributed by atoms with van der Waals surface area (Å²) in [7, 11) is 0. The average Bonchev–Trinajstić information content (AvgIpc) is 2.31. The summed E-state index contributed by atoms with van der Waals surface area (Å²) >= 11 is 2.26. The Labute approximate surface area is 117 Å². The second-order valence-electron chi connectivity index (χ2n) is 4.04. The van der Waals surface area contributed by atoms with Crippen molar-refractivity contribution in [3.8, 4) is 0 Å². The maximum atomic E-state index is 12.1. The molecule has 2 nitrogen and oxygen atoms in total. The summed E-state index contributed by atoms with van der Waals surface area (Å²) in [6.07, 6.45) is 2.08. The summed E-state index contributed by atoms with van der Waals surface area (Å²) in [5.74, 6) is 0.0163. The van der Waals surface area contributed by atoms with Crippen LogP contribution in [0.5, 0.6) is 0 Å². The lowest BCUT2D eigenvalue weighted by molar-refractivity contribution is -0.115. The summed E-state index contributed by atoms with van der Waals surface area (Å²) < 4.78 is 1.09. The highest BCUT2D eigenvalue weighted by molar-refractivity contribution is 14.1. The van der Waals surface area contributed by atoms with E-state index in [0.717, 1.165) is 28.6 Å². The van der Waals surface area contributed by atoms with E-state index in [-0.39, 0.29) is 5.91 Å². The van der Waals surface area contributed by atoms with E-state index in [1.54, 1.807) is 6.92 Å². The molecule has 0 atom stereocenters. The minimum atomic E-state index is 0.0163. The number of rotatable bonds is 5. The van der Waals surface area contributed by atoms with Crippen LogP contribution in [0.1, 0.15) is 26.7 Å². The largest absolute Gasteiger partial charge is 0.308 e. The molecule has 0 spiro atoms. The predicted octanol–water partition coefficient (Wildman–Crippen LogP) is 4.00. The second-order valence-corrected chi connectivity index (χ2v) is 5.20. The molecule has 0 N–H and O–H groups in total. The van der Waals surface area contributed by atoms with E-state index in [1.165, 1.54) is 0 Å². The fraction of sp³-hybridized carbons (Fsp3) is 0.357. The van der Waals surface area contributed by atoms with Gasteiger partial charge in [0, 0.05) is 15.7 Å². The smallest absolute Gasteiger partial charge is 0.253 e. The standard InChI is InChI=1S/C14H18INO/c1-4-5-10-16(14(17)11(2)3)13-9-7-6-8-12(13)15/h6-9H,2,4-5,10H2,1,3H3. The molecule has 0 aromatic heterocycles. The lowest BCUT2D eigenvalue weighted by Crippen LogP contribution is -2.32. The van der Waals surface area contributed by atoms with Gasteiger partial charge in [-0.3, -0.25) is 4.79 Å². The van der Waals surface area contributed by atoms with Gasteiger partial charge in [-0.2, -0.15) is 0 Å². The minimum absolute atomic E-state index is 0.0163. The number of benzene rings is 1. The molecule has 1 amide bonds. The first-order chi connectivity index (χ1) is 8.07. The van der Waals surface area contributed by atoms with Crippen molar-refractivity contribution in [2.45, 2.75) is 26.7 Å². The van der Waals surface area contributed by atoms with E-state index >= 15 is 0 Å². The molecule has 1 aromatic carbocycles. The first-order valence-electron chi connectivity index (χ1n) is 5.79. The lowest BCUT2D eigenvalue weighted by atomic mass is 10.2. The van der Waals surface area contributed by atoms with Crippen LogP contribution in [-0.4, -0.2) is 12.5 Å². The van der Waals surface area contributed by atoms with Gasteiger partial charge < -0.3 is 4.90 Å². The summed E-state index contributed by atoms with van der Waals surface area (Å²) in [6, 6.07) is 7.94. The molecule has 0 fully saturated rings. The van der Waals surface area contributed by atoms with Gasteiger partial charge in [0.2, 0.25) is 0 Å². The topological polar surface area (TPSA) is 20.3 Å². The summed E-state index contributed by atoms with van der Waals surface area (Å²) in [5.41, 5.74) is 1.57. The van der Waals surface area contributed by atoms with Crippen LogP contribution in [0.3, 0.4) is 0 Å². The van der Waals surface area contributed by atoms with Gasteiger partial charge in [-0.05, 0) is 48.1 Å². The molecule has 0 heterocycles. The highest BCUT2D eigenvalue weighted by atomic mass is 127. The molecule has 92 valence electrons. The van der Waals surface area contributed by atoms with Crippen LogP contribution in [0.2, 0.25) is 0 Å². The van der Waals surface area contributed by atoms with Gasteiger partial charge in [0.05, 0.1) is 5.69 Å². The fourth-order valence-electron chi connectivity index (χ4n) is 1.55. The van der Waals surface area contributed by atoms with Crippen molar-refractivity contribution in [2.75, 3.05) is 11.4 Å². The average molecular weight is 343 g/mol. The van der Waals surface area contributed by atoms with Gasteiger partial charge in [0.25, 0.3) is 5.91 Å². The maximum absolute atomic E-state index is 12.1.